The normalized spacial score (nSPS) is 11.8. The van der Waals surface area contributed by atoms with Gasteiger partial charge in [-0.1, -0.05) is 30.3 Å². The van der Waals surface area contributed by atoms with Gasteiger partial charge in [0.05, 0.1) is 6.42 Å². The van der Waals surface area contributed by atoms with E-state index >= 15 is 0 Å². The summed E-state index contributed by atoms with van der Waals surface area (Å²) in [6.45, 7) is 0. The number of para-hydroxylation sites is 1. The molecule has 0 unspecified atom stereocenters. The molecule has 0 saturated heterocycles. The van der Waals surface area contributed by atoms with Gasteiger partial charge < -0.3 is 15.6 Å². The van der Waals surface area contributed by atoms with E-state index < -0.39 is 12.0 Å². The largest absolute Gasteiger partial charge is 0.481 e. The Kier molecular flexibility index (Phi) is 4.15. The van der Waals surface area contributed by atoms with E-state index in [9.17, 15) is 4.79 Å². The first kappa shape index (κ1) is 13.1. The summed E-state index contributed by atoms with van der Waals surface area (Å²) in [6.07, 6.45) is -0.0844. The number of carboxylic acids is 1. The highest BCUT2D eigenvalue weighted by Gasteiger charge is 2.10. The quantitative estimate of drug-likeness (QED) is 0.863. The Morgan fingerprint density at radius 3 is 2.21 bits per heavy atom. The van der Waals surface area contributed by atoms with E-state index in [4.69, 9.17) is 15.6 Å². The number of aliphatic carboxylic acids is 1. The molecule has 0 aliphatic rings. The molecule has 0 aromatic heterocycles. The van der Waals surface area contributed by atoms with Crippen LogP contribution in [0.2, 0.25) is 0 Å². The molecule has 2 aromatic carbocycles. The highest BCUT2D eigenvalue weighted by Crippen LogP contribution is 2.23. The minimum absolute atomic E-state index is 0.0844. The molecule has 4 heteroatoms. The first-order chi connectivity index (χ1) is 9.15. The van der Waals surface area contributed by atoms with Crippen molar-refractivity contribution >= 4 is 5.97 Å². The first-order valence-electron chi connectivity index (χ1n) is 5.95. The molecule has 0 bridgehead atoms. The Labute approximate surface area is 111 Å². The summed E-state index contributed by atoms with van der Waals surface area (Å²) >= 11 is 0. The Hall–Kier alpha value is -2.33. The molecule has 0 saturated carbocycles. The van der Waals surface area contributed by atoms with E-state index in [0.717, 1.165) is 11.3 Å². The summed E-state index contributed by atoms with van der Waals surface area (Å²) in [5, 5.41) is 8.69. The Morgan fingerprint density at radius 1 is 1.05 bits per heavy atom. The summed E-state index contributed by atoms with van der Waals surface area (Å²) < 4.78 is 5.64. The number of rotatable bonds is 5. The zero-order valence-electron chi connectivity index (χ0n) is 10.3. The van der Waals surface area contributed by atoms with Gasteiger partial charge in [-0.25, -0.2) is 0 Å². The van der Waals surface area contributed by atoms with Crippen LogP contribution >= 0.6 is 0 Å². The van der Waals surface area contributed by atoms with Crippen molar-refractivity contribution in [2.45, 2.75) is 12.5 Å². The van der Waals surface area contributed by atoms with Crippen LogP contribution in [-0.4, -0.2) is 11.1 Å². The number of hydrogen-bond donors (Lipinski definition) is 2. The number of carboxylic acid groups (broad SMARTS) is 1. The lowest BCUT2D eigenvalue weighted by molar-refractivity contribution is -0.137. The first-order valence-corrected chi connectivity index (χ1v) is 5.95. The molecular weight excluding hydrogens is 242 g/mol. The molecule has 0 aliphatic heterocycles. The van der Waals surface area contributed by atoms with Crippen LogP contribution in [0, 0.1) is 0 Å². The molecule has 4 nitrogen and oxygen atoms in total. The molecule has 0 amide bonds. The van der Waals surface area contributed by atoms with Crippen molar-refractivity contribution in [2.24, 2.45) is 5.73 Å². The zero-order valence-corrected chi connectivity index (χ0v) is 10.3. The van der Waals surface area contributed by atoms with Crippen LogP contribution in [0.3, 0.4) is 0 Å². The number of hydrogen-bond acceptors (Lipinski definition) is 3. The molecule has 0 heterocycles. The maximum atomic E-state index is 10.6. The van der Waals surface area contributed by atoms with E-state index in [1.807, 2.05) is 30.3 Å². The van der Waals surface area contributed by atoms with Gasteiger partial charge in [0.1, 0.15) is 11.5 Å². The molecule has 0 aliphatic carbocycles. The second-order valence-corrected chi connectivity index (χ2v) is 4.19. The minimum atomic E-state index is -0.905. The molecular formula is C15H15NO3. The van der Waals surface area contributed by atoms with Gasteiger partial charge in [0.15, 0.2) is 0 Å². The fourth-order valence-corrected chi connectivity index (χ4v) is 1.71. The van der Waals surface area contributed by atoms with Crippen molar-refractivity contribution in [1.82, 2.24) is 0 Å². The summed E-state index contributed by atoms with van der Waals surface area (Å²) in [6, 6.07) is 16.1. The van der Waals surface area contributed by atoms with Crippen molar-refractivity contribution in [3.8, 4) is 11.5 Å². The third-order valence-electron chi connectivity index (χ3n) is 2.68. The van der Waals surface area contributed by atoms with Crippen molar-refractivity contribution in [3.05, 3.63) is 60.2 Å². The van der Waals surface area contributed by atoms with Crippen LogP contribution in [0.15, 0.2) is 54.6 Å². The maximum Gasteiger partial charge on any atom is 0.305 e. The Morgan fingerprint density at radius 2 is 1.63 bits per heavy atom. The van der Waals surface area contributed by atoms with Crippen LogP contribution < -0.4 is 10.5 Å². The topological polar surface area (TPSA) is 72.6 Å². The van der Waals surface area contributed by atoms with Gasteiger partial charge in [-0.15, -0.1) is 0 Å². The third kappa shape index (κ3) is 3.82. The number of ether oxygens (including phenoxy) is 1. The Bertz CT molecular complexity index is 537. The lowest BCUT2D eigenvalue weighted by Gasteiger charge is -2.10. The summed E-state index contributed by atoms with van der Waals surface area (Å²) in [7, 11) is 0. The standard InChI is InChI=1S/C15H15NO3/c16-14(10-15(17)18)11-6-8-13(9-7-11)19-12-4-2-1-3-5-12/h1-9,14H,10,16H2,(H,17,18)/t14-/m0/s1. The molecule has 19 heavy (non-hydrogen) atoms. The van der Waals surface area contributed by atoms with Crippen LogP contribution in [0.25, 0.3) is 0 Å². The van der Waals surface area contributed by atoms with Gasteiger partial charge in [-0.2, -0.15) is 0 Å². The minimum Gasteiger partial charge on any atom is -0.481 e. The molecule has 0 spiro atoms. The van der Waals surface area contributed by atoms with Gasteiger partial charge in [0.25, 0.3) is 0 Å². The fourth-order valence-electron chi connectivity index (χ4n) is 1.71. The third-order valence-corrected chi connectivity index (χ3v) is 2.68. The highest BCUT2D eigenvalue weighted by molar-refractivity contribution is 5.67. The molecule has 98 valence electrons. The fraction of sp³-hybridized carbons (Fsp3) is 0.133. The lowest BCUT2D eigenvalue weighted by Crippen LogP contribution is -2.14. The average Bonchev–Trinajstić information content (AvgIpc) is 2.40. The van der Waals surface area contributed by atoms with Gasteiger partial charge in [0, 0.05) is 6.04 Å². The SMILES string of the molecule is N[C@@H](CC(=O)O)c1ccc(Oc2ccccc2)cc1. The second-order valence-electron chi connectivity index (χ2n) is 4.19. The number of carbonyl (C=O) groups is 1. The van der Waals surface area contributed by atoms with Gasteiger partial charge in [0.2, 0.25) is 0 Å². The molecule has 2 rings (SSSR count). The van der Waals surface area contributed by atoms with Gasteiger partial charge >= 0.3 is 5.97 Å². The number of benzene rings is 2. The average molecular weight is 257 g/mol. The molecule has 3 N–H and O–H groups in total. The van der Waals surface area contributed by atoms with Crippen LogP contribution in [0.1, 0.15) is 18.0 Å². The van der Waals surface area contributed by atoms with E-state index in [1.165, 1.54) is 0 Å². The van der Waals surface area contributed by atoms with Crippen molar-refractivity contribution in [1.29, 1.82) is 0 Å². The van der Waals surface area contributed by atoms with Crippen molar-refractivity contribution < 1.29 is 14.6 Å². The lowest BCUT2D eigenvalue weighted by atomic mass is 10.0. The summed E-state index contributed by atoms with van der Waals surface area (Å²) in [5.41, 5.74) is 6.56. The van der Waals surface area contributed by atoms with Crippen molar-refractivity contribution in [3.63, 3.8) is 0 Å². The second kappa shape index (κ2) is 6.02. The highest BCUT2D eigenvalue weighted by atomic mass is 16.5. The van der Waals surface area contributed by atoms with E-state index in [0.29, 0.717) is 5.75 Å². The molecule has 1 atom stereocenters. The van der Waals surface area contributed by atoms with Crippen LogP contribution in [0.5, 0.6) is 11.5 Å². The van der Waals surface area contributed by atoms with E-state index in [-0.39, 0.29) is 6.42 Å². The maximum absolute atomic E-state index is 10.6. The van der Waals surface area contributed by atoms with Gasteiger partial charge in [-0.05, 0) is 29.8 Å². The summed E-state index contributed by atoms with van der Waals surface area (Å²) in [5.74, 6) is 0.541. The number of nitrogens with two attached hydrogens (primary N) is 1. The molecule has 0 fully saturated rings. The molecule has 0 radical (unpaired) electrons. The van der Waals surface area contributed by atoms with Gasteiger partial charge in [-0.3, -0.25) is 4.79 Å². The smallest absolute Gasteiger partial charge is 0.305 e. The zero-order chi connectivity index (χ0) is 13.7. The Balaban J connectivity index is 2.04. The van der Waals surface area contributed by atoms with Crippen molar-refractivity contribution in [2.75, 3.05) is 0 Å². The molecule has 2 aromatic rings. The predicted octanol–water partition coefficient (Wildman–Crippen LogP) is 2.95. The van der Waals surface area contributed by atoms with Crippen LogP contribution in [-0.2, 0) is 4.79 Å². The van der Waals surface area contributed by atoms with Crippen LogP contribution in [0.4, 0.5) is 0 Å². The predicted molar refractivity (Wildman–Crippen MR) is 72.1 cm³/mol. The van der Waals surface area contributed by atoms with E-state index in [2.05, 4.69) is 0 Å². The monoisotopic (exact) mass is 257 g/mol. The van der Waals surface area contributed by atoms with E-state index in [1.54, 1.807) is 24.3 Å². The summed E-state index contributed by atoms with van der Waals surface area (Å²) in [4.78, 5) is 10.6.